The predicted octanol–water partition coefficient (Wildman–Crippen LogP) is 3.58. The number of benzene rings is 2. The fourth-order valence-corrected chi connectivity index (χ4v) is 1.77. The molecular formula is C16H16ClN3O2. The van der Waals surface area contributed by atoms with E-state index in [0.29, 0.717) is 10.7 Å². The summed E-state index contributed by atoms with van der Waals surface area (Å²) < 4.78 is 5.08. The van der Waals surface area contributed by atoms with Crippen molar-refractivity contribution in [2.24, 2.45) is 4.99 Å². The number of Topliss-reactive ketones (excluding diaryl/α,β-unsaturated/α-hetero) is 1. The van der Waals surface area contributed by atoms with Crippen LogP contribution in [0.2, 0.25) is 5.02 Å². The molecule has 0 bridgehead atoms. The Balaban J connectivity index is 2.09. The molecule has 114 valence electrons. The standard InChI is InChI=1S/C16H16ClN3O2/c1-11(21)16(18-13-7-9-15(22-2)10-8-13)20-19-14-5-3-12(17)4-6-14/h3-10,19H,1-2H3,(H,18,20). The molecule has 0 saturated carbocycles. The summed E-state index contributed by atoms with van der Waals surface area (Å²) in [5.41, 5.74) is 7.14. The second kappa shape index (κ2) is 7.47. The van der Waals surface area contributed by atoms with E-state index in [1.54, 1.807) is 55.6 Å². The third-order valence-corrected chi connectivity index (χ3v) is 3.07. The lowest BCUT2D eigenvalue weighted by Crippen LogP contribution is -2.34. The van der Waals surface area contributed by atoms with Gasteiger partial charge >= 0.3 is 0 Å². The van der Waals surface area contributed by atoms with Gasteiger partial charge in [-0.1, -0.05) is 11.6 Å². The third kappa shape index (κ3) is 4.49. The first kappa shape index (κ1) is 15.9. The Kier molecular flexibility index (Phi) is 5.38. The maximum Gasteiger partial charge on any atom is 0.196 e. The average molecular weight is 318 g/mol. The Morgan fingerprint density at radius 1 is 1.09 bits per heavy atom. The minimum Gasteiger partial charge on any atom is -0.497 e. The van der Waals surface area contributed by atoms with Crippen LogP contribution in [-0.2, 0) is 4.79 Å². The van der Waals surface area contributed by atoms with Crippen molar-refractivity contribution in [1.82, 2.24) is 5.43 Å². The molecule has 0 aliphatic carbocycles. The van der Waals surface area contributed by atoms with Crippen LogP contribution in [0.3, 0.4) is 0 Å². The lowest BCUT2D eigenvalue weighted by molar-refractivity contribution is -0.111. The molecule has 5 nitrogen and oxygen atoms in total. The molecule has 2 aromatic carbocycles. The number of halogens is 1. The number of anilines is 1. The van der Waals surface area contributed by atoms with Crippen LogP contribution < -0.4 is 15.6 Å². The van der Waals surface area contributed by atoms with Crippen molar-refractivity contribution >= 4 is 34.6 Å². The number of amidine groups is 1. The van der Waals surface area contributed by atoms with Gasteiger partial charge in [-0.25, -0.2) is 4.99 Å². The van der Waals surface area contributed by atoms with Crippen molar-refractivity contribution in [3.05, 3.63) is 53.6 Å². The lowest BCUT2D eigenvalue weighted by Gasteiger charge is -2.10. The number of aliphatic imine (C=N–C) groups is 1. The average Bonchev–Trinajstić information content (AvgIpc) is 2.53. The molecule has 0 aliphatic heterocycles. The quantitative estimate of drug-likeness (QED) is 0.502. The minimum atomic E-state index is -0.183. The molecule has 0 spiro atoms. The summed E-state index contributed by atoms with van der Waals surface area (Å²) in [5.74, 6) is 0.757. The fourth-order valence-electron chi connectivity index (χ4n) is 1.65. The van der Waals surface area contributed by atoms with E-state index in [2.05, 4.69) is 15.8 Å². The molecular weight excluding hydrogens is 302 g/mol. The molecule has 0 radical (unpaired) electrons. The van der Waals surface area contributed by atoms with Crippen LogP contribution in [0.5, 0.6) is 5.75 Å². The number of nitrogens with one attached hydrogen (secondary N) is 2. The zero-order chi connectivity index (χ0) is 15.9. The Bertz CT molecular complexity index is 667. The molecule has 2 N–H and O–H groups in total. The zero-order valence-electron chi connectivity index (χ0n) is 12.3. The van der Waals surface area contributed by atoms with Gasteiger partial charge < -0.3 is 4.74 Å². The van der Waals surface area contributed by atoms with Crippen LogP contribution in [0, 0.1) is 0 Å². The number of methoxy groups -OCH3 is 1. The number of hydrazine groups is 1. The Hall–Kier alpha value is -2.53. The van der Waals surface area contributed by atoms with Crippen LogP contribution in [0.25, 0.3) is 0 Å². The largest absolute Gasteiger partial charge is 0.497 e. The van der Waals surface area contributed by atoms with Crippen molar-refractivity contribution in [2.45, 2.75) is 6.92 Å². The molecule has 0 aromatic heterocycles. The molecule has 0 fully saturated rings. The van der Waals surface area contributed by atoms with Gasteiger partial charge in [0.1, 0.15) is 5.75 Å². The van der Waals surface area contributed by atoms with Crippen LogP contribution >= 0.6 is 11.6 Å². The molecule has 6 heteroatoms. The van der Waals surface area contributed by atoms with Crippen molar-refractivity contribution in [3.8, 4) is 5.75 Å². The number of ketones is 1. The summed E-state index contributed by atoms with van der Waals surface area (Å²) in [6.07, 6.45) is 0. The molecule has 0 unspecified atom stereocenters. The van der Waals surface area contributed by atoms with Crippen molar-refractivity contribution in [1.29, 1.82) is 0 Å². The number of carbonyl (C=O) groups is 1. The molecule has 0 saturated heterocycles. The van der Waals surface area contributed by atoms with Crippen molar-refractivity contribution in [2.75, 3.05) is 12.5 Å². The second-order valence-electron chi connectivity index (χ2n) is 4.47. The van der Waals surface area contributed by atoms with Crippen LogP contribution in [0.1, 0.15) is 6.92 Å². The second-order valence-corrected chi connectivity index (χ2v) is 4.91. The first-order valence-corrected chi connectivity index (χ1v) is 6.97. The van der Waals surface area contributed by atoms with Gasteiger partial charge in [0.15, 0.2) is 11.6 Å². The zero-order valence-corrected chi connectivity index (χ0v) is 13.0. The molecule has 22 heavy (non-hydrogen) atoms. The van der Waals surface area contributed by atoms with Crippen LogP contribution in [0.15, 0.2) is 53.5 Å². The molecule has 2 aromatic rings. The van der Waals surface area contributed by atoms with Crippen LogP contribution in [-0.4, -0.2) is 18.7 Å². The van der Waals surface area contributed by atoms with Gasteiger partial charge in [0, 0.05) is 11.9 Å². The van der Waals surface area contributed by atoms with Crippen molar-refractivity contribution in [3.63, 3.8) is 0 Å². The normalized spacial score (nSPS) is 11.0. The number of hydrogen-bond donors (Lipinski definition) is 2. The molecule has 0 amide bonds. The highest BCUT2D eigenvalue weighted by Crippen LogP contribution is 2.18. The van der Waals surface area contributed by atoms with Gasteiger partial charge in [0.2, 0.25) is 0 Å². The van der Waals surface area contributed by atoms with E-state index < -0.39 is 0 Å². The summed E-state index contributed by atoms with van der Waals surface area (Å²) in [4.78, 5) is 15.9. The van der Waals surface area contributed by atoms with Gasteiger partial charge in [0.25, 0.3) is 0 Å². The van der Waals surface area contributed by atoms with Crippen molar-refractivity contribution < 1.29 is 9.53 Å². The summed E-state index contributed by atoms with van der Waals surface area (Å²) >= 11 is 5.82. The van der Waals surface area contributed by atoms with Gasteiger partial charge in [-0.05, 0) is 48.5 Å². The topological polar surface area (TPSA) is 62.7 Å². The lowest BCUT2D eigenvalue weighted by atomic mass is 10.3. The molecule has 0 atom stereocenters. The molecule has 2 rings (SSSR count). The molecule has 0 aliphatic rings. The van der Waals surface area contributed by atoms with E-state index in [1.165, 1.54) is 6.92 Å². The summed E-state index contributed by atoms with van der Waals surface area (Å²) in [5, 5.41) is 0.643. The highest BCUT2D eigenvalue weighted by molar-refractivity contribution is 6.38. The summed E-state index contributed by atoms with van der Waals surface area (Å²) in [6, 6.07) is 14.2. The van der Waals surface area contributed by atoms with E-state index >= 15 is 0 Å². The summed E-state index contributed by atoms with van der Waals surface area (Å²) in [7, 11) is 1.59. The molecule has 0 heterocycles. The maximum absolute atomic E-state index is 11.7. The first-order valence-electron chi connectivity index (χ1n) is 6.60. The predicted molar refractivity (Wildman–Crippen MR) is 89.0 cm³/mol. The van der Waals surface area contributed by atoms with E-state index in [-0.39, 0.29) is 11.6 Å². The Morgan fingerprint density at radius 2 is 1.73 bits per heavy atom. The number of carbonyl (C=O) groups excluding carboxylic acids is 1. The smallest absolute Gasteiger partial charge is 0.196 e. The monoisotopic (exact) mass is 317 g/mol. The van der Waals surface area contributed by atoms with E-state index in [0.717, 1.165) is 11.4 Å². The minimum absolute atomic E-state index is 0.183. The van der Waals surface area contributed by atoms with E-state index in [4.69, 9.17) is 16.3 Å². The SMILES string of the molecule is COc1ccc(N=C(NNc2ccc(Cl)cc2)C(C)=O)cc1. The maximum atomic E-state index is 11.7. The highest BCUT2D eigenvalue weighted by Gasteiger charge is 2.06. The van der Waals surface area contributed by atoms with E-state index in [1.807, 2.05) is 0 Å². The summed E-state index contributed by atoms with van der Waals surface area (Å²) in [6.45, 7) is 1.44. The highest BCUT2D eigenvalue weighted by atomic mass is 35.5. The van der Waals surface area contributed by atoms with Gasteiger partial charge in [-0.2, -0.15) is 0 Å². The number of hydrogen-bond acceptors (Lipinski definition) is 4. The number of ether oxygens (including phenoxy) is 1. The Labute approximate surface area is 133 Å². The third-order valence-electron chi connectivity index (χ3n) is 2.82. The Morgan fingerprint density at radius 3 is 2.27 bits per heavy atom. The van der Waals surface area contributed by atoms with Gasteiger partial charge in [0.05, 0.1) is 18.5 Å². The first-order chi connectivity index (χ1) is 10.6. The van der Waals surface area contributed by atoms with Crippen LogP contribution in [0.4, 0.5) is 11.4 Å². The number of rotatable bonds is 5. The fraction of sp³-hybridized carbons (Fsp3) is 0.125. The van der Waals surface area contributed by atoms with Gasteiger partial charge in [-0.3, -0.25) is 15.6 Å². The van der Waals surface area contributed by atoms with E-state index in [9.17, 15) is 4.79 Å². The van der Waals surface area contributed by atoms with Gasteiger partial charge in [-0.15, -0.1) is 0 Å². The number of nitrogens with zero attached hydrogens (tertiary/aromatic N) is 1.